The average Bonchev–Trinajstić information content (AvgIpc) is 2.74. The average molecular weight is 216 g/mol. The normalized spacial score (nSPS) is 10.1. The highest BCUT2D eigenvalue weighted by molar-refractivity contribution is 5.80. The van der Waals surface area contributed by atoms with Gasteiger partial charge in [0, 0.05) is 18.5 Å². The first-order valence-corrected chi connectivity index (χ1v) is 4.90. The van der Waals surface area contributed by atoms with E-state index in [0.29, 0.717) is 11.3 Å². The number of aryl methyl sites for hydroxylation is 1. The zero-order valence-electron chi connectivity index (χ0n) is 9.18. The topological polar surface area (TPSA) is 44.1 Å². The summed E-state index contributed by atoms with van der Waals surface area (Å²) in [5.74, 6) is 1.46. The molecule has 0 saturated heterocycles. The second kappa shape index (κ2) is 4.18. The van der Waals surface area contributed by atoms with E-state index in [0.717, 1.165) is 17.8 Å². The first-order valence-electron chi connectivity index (χ1n) is 4.90. The van der Waals surface area contributed by atoms with Gasteiger partial charge < -0.3 is 9.30 Å². The summed E-state index contributed by atoms with van der Waals surface area (Å²) in [4.78, 5) is 14.9. The summed E-state index contributed by atoms with van der Waals surface area (Å²) in [6.07, 6.45) is 4.38. The summed E-state index contributed by atoms with van der Waals surface area (Å²) < 4.78 is 7.08. The largest absolute Gasteiger partial charge is 0.496 e. The van der Waals surface area contributed by atoms with Crippen molar-refractivity contribution in [1.29, 1.82) is 0 Å². The van der Waals surface area contributed by atoms with Crippen LogP contribution in [0.1, 0.15) is 16.2 Å². The van der Waals surface area contributed by atoms with E-state index in [-0.39, 0.29) is 0 Å². The van der Waals surface area contributed by atoms with Crippen molar-refractivity contribution in [3.05, 3.63) is 42.0 Å². The second-order valence-electron chi connectivity index (χ2n) is 3.39. The third kappa shape index (κ3) is 1.69. The van der Waals surface area contributed by atoms with Crippen molar-refractivity contribution in [3.8, 4) is 11.4 Å². The number of hydrogen-bond acceptors (Lipinski definition) is 3. The van der Waals surface area contributed by atoms with Gasteiger partial charge in [-0.15, -0.1) is 0 Å². The van der Waals surface area contributed by atoms with Crippen LogP contribution in [0.4, 0.5) is 0 Å². The quantitative estimate of drug-likeness (QED) is 0.737. The van der Waals surface area contributed by atoms with Crippen molar-refractivity contribution >= 4 is 6.29 Å². The van der Waals surface area contributed by atoms with Gasteiger partial charge in [-0.25, -0.2) is 4.98 Å². The van der Waals surface area contributed by atoms with Crippen molar-refractivity contribution in [1.82, 2.24) is 9.55 Å². The smallest absolute Gasteiger partial charge is 0.153 e. The maximum atomic E-state index is 10.8. The number of benzene rings is 1. The summed E-state index contributed by atoms with van der Waals surface area (Å²) in [7, 11) is 1.55. The zero-order valence-corrected chi connectivity index (χ0v) is 9.18. The number of aldehydes is 1. The maximum Gasteiger partial charge on any atom is 0.153 e. The van der Waals surface area contributed by atoms with Gasteiger partial charge in [0.05, 0.1) is 18.4 Å². The van der Waals surface area contributed by atoms with Crippen molar-refractivity contribution in [2.24, 2.45) is 0 Å². The van der Waals surface area contributed by atoms with Gasteiger partial charge in [-0.2, -0.15) is 0 Å². The minimum Gasteiger partial charge on any atom is -0.496 e. The van der Waals surface area contributed by atoms with Crippen LogP contribution in [0.25, 0.3) is 5.69 Å². The number of carbonyl (C=O) groups excluding carboxylic acids is 1. The molecule has 0 bridgehead atoms. The maximum absolute atomic E-state index is 10.8. The van der Waals surface area contributed by atoms with Gasteiger partial charge >= 0.3 is 0 Å². The molecule has 82 valence electrons. The molecule has 16 heavy (non-hydrogen) atoms. The van der Waals surface area contributed by atoms with Crippen LogP contribution in [0.2, 0.25) is 0 Å². The van der Waals surface area contributed by atoms with E-state index in [1.54, 1.807) is 19.4 Å². The summed E-state index contributed by atoms with van der Waals surface area (Å²) in [5, 5.41) is 0. The number of nitrogens with zero attached hydrogens (tertiary/aromatic N) is 2. The predicted molar refractivity (Wildman–Crippen MR) is 60.2 cm³/mol. The zero-order chi connectivity index (χ0) is 11.5. The molecule has 4 nitrogen and oxygen atoms in total. The van der Waals surface area contributed by atoms with Crippen LogP contribution >= 0.6 is 0 Å². The van der Waals surface area contributed by atoms with Crippen molar-refractivity contribution < 1.29 is 9.53 Å². The molecule has 0 amide bonds. The number of imidazole rings is 1. The lowest BCUT2D eigenvalue weighted by Gasteiger charge is -2.08. The first-order chi connectivity index (χ1) is 7.76. The van der Waals surface area contributed by atoms with Crippen LogP contribution in [0, 0.1) is 6.92 Å². The van der Waals surface area contributed by atoms with Crippen LogP contribution < -0.4 is 4.74 Å². The minimum absolute atomic E-state index is 0.545. The Hall–Kier alpha value is -2.10. The van der Waals surface area contributed by atoms with Crippen molar-refractivity contribution in [2.45, 2.75) is 6.92 Å². The van der Waals surface area contributed by atoms with E-state index in [1.807, 2.05) is 29.8 Å². The van der Waals surface area contributed by atoms with Gasteiger partial charge in [-0.3, -0.25) is 4.79 Å². The van der Waals surface area contributed by atoms with Crippen LogP contribution in [-0.2, 0) is 0 Å². The minimum atomic E-state index is 0.545. The molecule has 0 radical (unpaired) electrons. The Kier molecular flexibility index (Phi) is 2.72. The Morgan fingerprint density at radius 1 is 1.44 bits per heavy atom. The fraction of sp³-hybridized carbons (Fsp3) is 0.167. The monoisotopic (exact) mass is 216 g/mol. The first kappa shape index (κ1) is 10.4. The molecule has 0 spiro atoms. The van der Waals surface area contributed by atoms with E-state index in [9.17, 15) is 4.79 Å². The molecule has 0 N–H and O–H groups in total. The molecular formula is C12H12N2O2. The van der Waals surface area contributed by atoms with Gasteiger partial charge in [0.1, 0.15) is 11.6 Å². The Labute approximate surface area is 93.5 Å². The van der Waals surface area contributed by atoms with Crippen LogP contribution in [0.15, 0.2) is 30.6 Å². The number of methoxy groups -OCH3 is 1. The summed E-state index contributed by atoms with van der Waals surface area (Å²) in [6, 6.07) is 5.42. The number of rotatable bonds is 3. The Morgan fingerprint density at radius 2 is 2.25 bits per heavy atom. The van der Waals surface area contributed by atoms with Crippen LogP contribution in [-0.4, -0.2) is 22.9 Å². The van der Waals surface area contributed by atoms with Crippen molar-refractivity contribution in [2.75, 3.05) is 7.11 Å². The SMILES string of the molecule is COc1cc(-n2ccnc2C)ccc1C=O. The molecule has 1 heterocycles. The standard InChI is InChI=1S/C12H12N2O2/c1-9-13-5-6-14(9)11-4-3-10(8-15)12(7-11)16-2/h3-8H,1-2H3. The summed E-state index contributed by atoms with van der Waals surface area (Å²) >= 11 is 0. The van der Waals surface area contributed by atoms with E-state index in [2.05, 4.69) is 4.98 Å². The third-order valence-corrected chi connectivity index (χ3v) is 2.45. The van der Waals surface area contributed by atoms with E-state index >= 15 is 0 Å². The molecule has 0 aliphatic heterocycles. The fourth-order valence-electron chi connectivity index (χ4n) is 1.60. The lowest BCUT2D eigenvalue weighted by molar-refractivity contribution is 0.112. The number of hydrogen-bond donors (Lipinski definition) is 0. The number of ether oxygens (including phenoxy) is 1. The molecule has 0 saturated carbocycles. The van der Waals surface area contributed by atoms with E-state index in [4.69, 9.17) is 4.74 Å². The highest BCUT2D eigenvalue weighted by atomic mass is 16.5. The van der Waals surface area contributed by atoms with Crippen molar-refractivity contribution in [3.63, 3.8) is 0 Å². The molecule has 1 aromatic carbocycles. The highest BCUT2D eigenvalue weighted by Crippen LogP contribution is 2.21. The molecular weight excluding hydrogens is 204 g/mol. The van der Waals surface area contributed by atoms with Crippen LogP contribution in [0.3, 0.4) is 0 Å². The van der Waals surface area contributed by atoms with Gasteiger partial charge in [-0.1, -0.05) is 0 Å². The molecule has 0 aliphatic carbocycles. The molecule has 0 unspecified atom stereocenters. The molecule has 4 heteroatoms. The highest BCUT2D eigenvalue weighted by Gasteiger charge is 2.06. The van der Waals surface area contributed by atoms with Gasteiger partial charge in [0.15, 0.2) is 6.29 Å². The van der Waals surface area contributed by atoms with Gasteiger partial charge in [0.2, 0.25) is 0 Å². The lowest BCUT2D eigenvalue weighted by Crippen LogP contribution is -1.98. The van der Waals surface area contributed by atoms with E-state index < -0.39 is 0 Å². The molecule has 1 aromatic heterocycles. The van der Waals surface area contributed by atoms with Crippen LogP contribution in [0.5, 0.6) is 5.75 Å². The molecule has 2 rings (SSSR count). The summed E-state index contributed by atoms with van der Waals surface area (Å²) in [6.45, 7) is 1.92. The third-order valence-electron chi connectivity index (χ3n) is 2.45. The lowest BCUT2D eigenvalue weighted by atomic mass is 10.2. The Morgan fingerprint density at radius 3 is 2.81 bits per heavy atom. The fourth-order valence-corrected chi connectivity index (χ4v) is 1.60. The van der Waals surface area contributed by atoms with Gasteiger partial charge in [0.25, 0.3) is 0 Å². The van der Waals surface area contributed by atoms with Gasteiger partial charge in [-0.05, 0) is 19.1 Å². The predicted octanol–water partition coefficient (Wildman–Crippen LogP) is 2.00. The Bertz CT molecular complexity index is 517. The summed E-state index contributed by atoms with van der Waals surface area (Å²) in [5.41, 5.74) is 1.47. The Balaban J connectivity index is 2.52. The van der Waals surface area contributed by atoms with E-state index in [1.165, 1.54) is 0 Å². The molecule has 2 aromatic rings. The molecule has 0 aliphatic rings. The number of aromatic nitrogens is 2. The molecule has 0 fully saturated rings. The number of carbonyl (C=O) groups is 1. The second-order valence-corrected chi connectivity index (χ2v) is 3.39. The molecule has 0 atom stereocenters.